The van der Waals surface area contributed by atoms with E-state index in [1.807, 2.05) is 17.7 Å². The molecule has 0 saturated carbocycles. The van der Waals surface area contributed by atoms with Crippen LogP contribution in [-0.4, -0.2) is 45.9 Å². The molecule has 0 spiro atoms. The number of pyridine rings is 1. The Hall–Kier alpha value is -0.340. The Bertz CT molecular complexity index is 577. The van der Waals surface area contributed by atoms with Crippen LogP contribution in [0.15, 0.2) is 12.1 Å². The molecule has 0 aliphatic carbocycles. The molecule has 0 bridgehead atoms. The van der Waals surface area contributed by atoms with E-state index < -0.39 is 10.0 Å². The summed E-state index contributed by atoms with van der Waals surface area (Å²) in [6.45, 7) is 3.25. The highest BCUT2D eigenvalue weighted by molar-refractivity contribution is 14.1. The van der Waals surface area contributed by atoms with Crippen LogP contribution in [0.2, 0.25) is 0 Å². The molecule has 0 aromatic carbocycles. The molecule has 0 radical (unpaired) electrons. The Morgan fingerprint density at radius 1 is 1.32 bits per heavy atom. The summed E-state index contributed by atoms with van der Waals surface area (Å²) in [5.74, 6) is 1.12. The topological polar surface area (TPSA) is 39.9 Å². The smallest absolute Gasteiger partial charge is 0.161 e. The minimum absolute atomic E-state index is 0.478. The number of ether oxygens (including phenoxy) is 1. The lowest BCUT2D eigenvalue weighted by atomic mass is 10.3. The average Bonchev–Trinajstić information content (AvgIpc) is 2.60. The minimum atomic E-state index is -0.494. The summed E-state index contributed by atoms with van der Waals surface area (Å²) in [5.41, 5.74) is 1.91. The molecule has 0 aliphatic rings. The van der Waals surface area contributed by atoms with E-state index in [2.05, 4.69) is 57.5 Å². The van der Waals surface area contributed by atoms with Crippen molar-refractivity contribution in [2.45, 2.75) is 13.7 Å². The predicted molar refractivity (Wildman–Crippen MR) is 91.2 cm³/mol. The normalized spacial score (nSPS) is 13.1. The number of aromatic nitrogens is 3. The molecule has 4 nitrogen and oxygen atoms in total. The van der Waals surface area contributed by atoms with Gasteiger partial charge in [-0.1, -0.05) is 0 Å². The number of nitrogens with zero attached hydrogens (tertiary/aromatic N) is 3. The van der Waals surface area contributed by atoms with E-state index in [-0.39, 0.29) is 0 Å². The molecular formula is C13H20IN3OS. The van der Waals surface area contributed by atoms with Crippen LogP contribution in [0.25, 0.3) is 11.0 Å². The molecule has 0 N–H and O–H groups in total. The summed E-state index contributed by atoms with van der Waals surface area (Å²) in [7, 11) is -0.494. The van der Waals surface area contributed by atoms with Gasteiger partial charge in [0.2, 0.25) is 0 Å². The standard InChI is InChI=1S/C13H20IN3OS/c1-10-5-6-11-12(14)16-17(13(11)15-10)9-18-7-8-19(2,3)4/h5-6H,7-9H2,1-4H3. The zero-order valence-electron chi connectivity index (χ0n) is 11.8. The van der Waals surface area contributed by atoms with E-state index >= 15 is 0 Å². The first-order valence-electron chi connectivity index (χ1n) is 6.10. The van der Waals surface area contributed by atoms with Crippen LogP contribution in [0.3, 0.4) is 0 Å². The summed E-state index contributed by atoms with van der Waals surface area (Å²) in [6, 6.07) is 4.09. The quantitative estimate of drug-likeness (QED) is 0.579. The molecule has 0 amide bonds. The van der Waals surface area contributed by atoms with E-state index in [0.717, 1.165) is 32.8 Å². The van der Waals surface area contributed by atoms with Crippen molar-refractivity contribution in [1.82, 2.24) is 14.8 Å². The first-order chi connectivity index (χ1) is 8.87. The molecule has 0 fully saturated rings. The molecule has 0 atom stereocenters. The Labute approximate surface area is 129 Å². The van der Waals surface area contributed by atoms with Gasteiger partial charge in [0, 0.05) is 11.4 Å². The maximum atomic E-state index is 5.73. The lowest BCUT2D eigenvalue weighted by Gasteiger charge is -2.24. The third kappa shape index (κ3) is 4.06. The van der Waals surface area contributed by atoms with Gasteiger partial charge < -0.3 is 4.74 Å². The predicted octanol–water partition coefficient (Wildman–Crippen LogP) is 3.01. The van der Waals surface area contributed by atoms with Gasteiger partial charge in [-0.15, -0.1) is 0 Å². The van der Waals surface area contributed by atoms with Crippen molar-refractivity contribution in [3.63, 3.8) is 0 Å². The summed E-state index contributed by atoms with van der Waals surface area (Å²) in [4.78, 5) is 4.54. The molecular weight excluding hydrogens is 373 g/mol. The highest BCUT2D eigenvalue weighted by atomic mass is 127. The molecule has 0 unspecified atom stereocenters. The fourth-order valence-corrected chi connectivity index (χ4v) is 2.96. The first kappa shape index (κ1) is 15.1. The van der Waals surface area contributed by atoms with Crippen molar-refractivity contribution < 1.29 is 4.74 Å². The molecule has 2 heterocycles. The minimum Gasteiger partial charge on any atom is -0.358 e. The van der Waals surface area contributed by atoms with Gasteiger partial charge in [-0.3, -0.25) is 0 Å². The van der Waals surface area contributed by atoms with Crippen LogP contribution in [0, 0.1) is 10.6 Å². The summed E-state index contributed by atoms with van der Waals surface area (Å²) >= 11 is 2.24. The number of halogens is 1. The van der Waals surface area contributed by atoms with E-state index in [0.29, 0.717) is 6.73 Å². The largest absolute Gasteiger partial charge is 0.358 e. The van der Waals surface area contributed by atoms with Crippen molar-refractivity contribution >= 4 is 43.7 Å². The maximum absolute atomic E-state index is 5.73. The van der Waals surface area contributed by atoms with E-state index in [1.54, 1.807) is 0 Å². The Morgan fingerprint density at radius 3 is 2.74 bits per heavy atom. The molecule has 2 aromatic rings. The number of rotatable bonds is 5. The Morgan fingerprint density at radius 2 is 2.05 bits per heavy atom. The van der Waals surface area contributed by atoms with Crippen LogP contribution in [-0.2, 0) is 11.5 Å². The van der Waals surface area contributed by atoms with Gasteiger partial charge in [0.1, 0.15) is 10.4 Å². The van der Waals surface area contributed by atoms with E-state index in [9.17, 15) is 0 Å². The Balaban J connectivity index is 2.07. The van der Waals surface area contributed by atoms with Crippen molar-refractivity contribution in [3.05, 3.63) is 21.5 Å². The molecule has 106 valence electrons. The lowest BCUT2D eigenvalue weighted by Crippen LogP contribution is -2.11. The van der Waals surface area contributed by atoms with Crippen molar-refractivity contribution in [3.8, 4) is 0 Å². The zero-order valence-corrected chi connectivity index (χ0v) is 14.8. The van der Waals surface area contributed by atoms with Crippen LogP contribution in [0.1, 0.15) is 5.69 Å². The fraction of sp³-hybridized carbons (Fsp3) is 0.538. The molecule has 0 aliphatic heterocycles. The summed E-state index contributed by atoms with van der Waals surface area (Å²) in [6.07, 6.45) is 6.90. The third-order valence-electron chi connectivity index (χ3n) is 2.74. The molecule has 2 aromatic heterocycles. The van der Waals surface area contributed by atoms with Crippen molar-refractivity contribution in [1.29, 1.82) is 0 Å². The molecule has 2 rings (SSSR count). The van der Waals surface area contributed by atoms with E-state index in [1.165, 1.54) is 0 Å². The molecule has 0 saturated heterocycles. The van der Waals surface area contributed by atoms with Gasteiger partial charge in [0.25, 0.3) is 0 Å². The van der Waals surface area contributed by atoms with Gasteiger partial charge in [0.15, 0.2) is 5.65 Å². The fourth-order valence-electron chi connectivity index (χ4n) is 1.66. The average molecular weight is 393 g/mol. The second-order valence-corrected chi connectivity index (χ2v) is 11.1. The van der Waals surface area contributed by atoms with Gasteiger partial charge in [-0.05, 0) is 60.4 Å². The monoisotopic (exact) mass is 393 g/mol. The van der Waals surface area contributed by atoms with Crippen LogP contribution in [0.4, 0.5) is 0 Å². The van der Waals surface area contributed by atoms with Gasteiger partial charge >= 0.3 is 0 Å². The second kappa shape index (κ2) is 5.97. The van der Waals surface area contributed by atoms with Gasteiger partial charge in [-0.25, -0.2) is 19.7 Å². The third-order valence-corrected chi connectivity index (χ3v) is 4.93. The molecule has 6 heteroatoms. The van der Waals surface area contributed by atoms with Crippen molar-refractivity contribution in [2.75, 3.05) is 31.1 Å². The summed E-state index contributed by atoms with van der Waals surface area (Å²) < 4.78 is 8.56. The first-order valence-corrected chi connectivity index (χ1v) is 10.2. The zero-order chi connectivity index (χ0) is 14.0. The van der Waals surface area contributed by atoms with Crippen LogP contribution in [0.5, 0.6) is 0 Å². The maximum Gasteiger partial charge on any atom is 0.161 e. The summed E-state index contributed by atoms with van der Waals surface area (Å²) in [5, 5.41) is 5.58. The number of hydrogen-bond acceptors (Lipinski definition) is 3. The lowest BCUT2D eigenvalue weighted by molar-refractivity contribution is 0.0834. The number of fused-ring (bicyclic) bond motifs is 1. The second-order valence-electron chi connectivity index (χ2n) is 5.45. The number of aryl methyl sites for hydroxylation is 1. The van der Waals surface area contributed by atoms with Gasteiger partial charge in [0.05, 0.1) is 12.0 Å². The number of hydrogen-bond donors (Lipinski definition) is 0. The van der Waals surface area contributed by atoms with Crippen LogP contribution < -0.4 is 0 Å². The highest BCUT2D eigenvalue weighted by Gasteiger charge is 2.10. The highest BCUT2D eigenvalue weighted by Crippen LogP contribution is 2.33. The SMILES string of the molecule is Cc1ccc2c(I)nn(COCCS(C)(C)C)c2n1. The van der Waals surface area contributed by atoms with Crippen molar-refractivity contribution in [2.24, 2.45) is 0 Å². The van der Waals surface area contributed by atoms with Crippen LogP contribution >= 0.6 is 32.6 Å². The Kier molecular flexibility index (Phi) is 4.73. The van der Waals surface area contributed by atoms with E-state index in [4.69, 9.17) is 4.74 Å². The molecule has 19 heavy (non-hydrogen) atoms. The van der Waals surface area contributed by atoms with Gasteiger partial charge in [-0.2, -0.15) is 5.10 Å².